The van der Waals surface area contributed by atoms with Crippen LogP contribution in [-0.2, 0) is 4.79 Å². The van der Waals surface area contributed by atoms with Crippen molar-refractivity contribution in [1.29, 1.82) is 0 Å². The summed E-state index contributed by atoms with van der Waals surface area (Å²) in [5.74, 6) is -0.933. The van der Waals surface area contributed by atoms with E-state index in [1.807, 2.05) is 6.07 Å². The normalized spacial score (nSPS) is 11.4. The summed E-state index contributed by atoms with van der Waals surface area (Å²) in [7, 11) is 0. The summed E-state index contributed by atoms with van der Waals surface area (Å²) in [6.45, 7) is 1.55. The van der Waals surface area contributed by atoms with Gasteiger partial charge in [-0.25, -0.2) is 0 Å². The monoisotopic (exact) mass is 334 g/mol. The molecule has 0 saturated carbocycles. The SMILES string of the molecule is CC(Oc1ccccc1)C(=O)NNC(=O)c1cc(Cl)ccc1O. The number of amides is 2. The fourth-order valence-corrected chi connectivity index (χ4v) is 1.91. The van der Waals surface area contributed by atoms with Gasteiger partial charge < -0.3 is 9.84 Å². The van der Waals surface area contributed by atoms with Crippen molar-refractivity contribution in [2.24, 2.45) is 0 Å². The highest BCUT2D eigenvalue weighted by atomic mass is 35.5. The predicted molar refractivity (Wildman–Crippen MR) is 85.3 cm³/mol. The minimum Gasteiger partial charge on any atom is -0.507 e. The summed E-state index contributed by atoms with van der Waals surface area (Å²) in [6, 6.07) is 12.9. The van der Waals surface area contributed by atoms with E-state index in [2.05, 4.69) is 10.9 Å². The summed E-state index contributed by atoms with van der Waals surface area (Å²) >= 11 is 5.77. The van der Waals surface area contributed by atoms with Crippen molar-refractivity contribution < 1.29 is 19.4 Å². The van der Waals surface area contributed by atoms with Gasteiger partial charge in [-0.3, -0.25) is 20.4 Å². The van der Waals surface area contributed by atoms with Crippen molar-refractivity contribution in [3.8, 4) is 11.5 Å². The number of hydrogen-bond donors (Lipinski definition) is 3. The van der Waals surface area contributed by atoms with Crippen LogP contribution >= 0.6 is 11.6 Å². The summed E-state index contributed by atoms with van der Waals surface area (Å²) in [6.07, 6.45) is -0.814. The van der Waals surface area contributed by atoms with Gasteiger partial charge in [0.05, 0.1) is 5.56 Å². The number of ether oxygens (including phenoxy) is 1. The van der Waals surface area contributed by atoms with Crippen molar-refractivity contribution in [2.45, 2.75) is 13.0 Å². The second-order valence-corrected chi connectivity index (χ2v) is 5.11. The van der Waals surface area contributed by atoms with Crippen LogP contribution in [0.1, 0.15) is 17.3 Å². The number of rotatable bonds is 4. The Labute approximate surface area is 138 Å². The van der Waals surface area contributed by atoms with E-state index in [-0.39, 0.29) is 11.3 Å². The van der Waals surface area contributed by atoms with Gasteiger partial charge in [0, 0.05) is 5.02 Å². The molecule has 23 heavy (non-hydrogen) atoms. The molecular weight excluding hydrogens is 320 g/mol. The number of aromatic hydroxyl groups is 1. The molecule has 0 spiro atoms. The maximum absolute atomic E-state index is 11.9. The third-order valence-corrected chi connectivity index (χ3v) is 3.16. The molecule has 2 aromatic rings. The second kappa shape index (κ2) is 7.51. The first kappa shape index (κ1) is 16.6. The summed E-state index contributed by atoms with van der Waals surface area (Å²) in [5.41, 5.74) is 4.38. The molecule has 0 aromatic heterocycles. The lowest BCUT2D eigenvalue weighted by Crippen LogP contribution is -2.47. The molecular formula is C16H15ClN2O4. The third-order valence-electron chi connectivity index (χ3n) is 2.93. The number of benzene rings is 2. The highest BCUT2D eigenvalue weighted by Gasteiger charge is 2.17. The Kier molecular flexibility index (Phi) is 5.43. The highest BCUT2D eigenvalue weighted by Crippen LogP contribution is 2.21. The van der Waals surface area contributed by atoms with E-state index >= 15 is 0 Å². The van der Waals surface area contributed by atoms with Crippen LogP contribution in [0.3, 0.4) is 0 Å². The number of nitrogens with one attached hydrogen (secondary N) is 2. The summed E-state index contributed by atoms with van der Waals surface area (Å²) in [4.78, 5) is 23.8. The Morgan fingerprint density at radius 1 is 1.13 bits per heavy atom. The van der Waals surface area contributed by atoms with Gasteiger partial charge >= 0.3 is 0 Å². The van der Waals surface area contributed by atoms with E-state index in [0.29, 0.717) is 10.8 Å². The molecule has 0 bridgehead atoms. The van der Waals surface area contributed by atoms with Crippen LogP contribution in [0.5, 0.6) is 11.5 Å². The molecule has 0 aliphatic carbocycles. The lowest BCUT2D eigenvalue weighted by molar-refractivity contribution is -0.128. The standard InChI is InChI=1S/C16H15ClN2O4/c1-10(23-12-5-3-2-4-6-12)15(21)18-19-16(22)13-9-11(17)7-8-14(13)20/h2-10,20H,1H3,(H,18,21)(H,19,22). The molecule has 3 N–H and O–H groups in total. The van der Waals surface area contributed by atoms with E-state index in [1.54, 1.807) is 31.2 Å². The first-order valence-electron chi connectivity index (χ1n) is 6.78. The largest absolute Gasteiger partial charge is 0.507 e. The quantitative estimate of drug-likeness (QED) is 0.748. The Hall–Kier alpha value is -2.73. The molecule has 2 rings (SSSR count). The average molecular weight is 335 g/mol. The topological polar surface area (TPSA) is 87.7 Å². The van der Waals surface area contributed by atoms with E-state index in [0.717, 1.165) is 0 Å². The molecule has 6 nitrogen and oxygen atoms in total. The predicted octanol–water partition coefficient (Wildman–Crippen LogP) is 2.27. The van der Waals surface area contributed by atoms with Gasteiger partial charge in [-0.15, -0.1) is 0 Å². The molecule has 7 heteroatoms. The number of phenols is 1. The van der Waals surface area contributed by atoms with Gasteiger partial charge in [-0.1, -0.05) is 29.8 Å². The number of carbonyl (C=O) groups is 2. The molecule has 0 aliphatic heterocycles. The molecule has 120 valence electrons. The number of phenolic OH excluding ortho intramolecular Hbond substituents is 1. The van der Waals surface area contributed by atoms with Crippen LogP contribution < -0.4 is 15.6 Å². The molecule has 0 fully saturated rings. The van der Waals surface area contributed by atoms with Crippen molar-refractivity contribution >= 4 is 23.4 Å². The lowest BCUT2D eigenvalue weighted by atomic mass is 10.2. The second-order valence-electron chi connectivity index (χ2n) is 4.68. The van der Waals surface area contributed by atoms with Gasteiger partial charge in [-0.2, -0.15) is 0 Å². The van der Waals surface area contributed by atoms with Crippen LogP contribution in [0.25, 0.3) is 0 Å². The van der Waals surface area contributed by atoms with Gasteiger partial charge in [0.15, 0.2) is 6.10 Å². The van der Waals surface area contributed by atoms with Crippen LogP contribution in [0.2, 0.25) is 5.02 Å². The number of hydrazine groups is 1. The minimum atomic E-state index is -0.814. The summed E-state index contributed by atoms with van der Waals surface area (Å²) < 4.78 is 5.42. The van der Waals surface area contributed by atoms with Gasteiger partial charge in [0.2, 0.25) is 0 Å². The first-order valence-corrected chi connectivity index (χ1v) is 7.15. The minimum absolute atomic E-state index is 0.0468. The fraction of sp³-hybridized carbons (Fsp3) is 0.125. The van der Waals surface area contributed by atoms with E-state index < -0.39 is 17.9 Å². The molecule has 2 amide bonds. The highest BCUT2D eigenvalue weighted by molar-refractivity contribution is 6.31. The average Bonchev–Trinajstić information content (AvgIpc) is 2.55. The molecule has 0 saturated heterocycles. The molecule has 1 atom stereocenters. The van der Waals surface area contributed by atoms with E-state index in [1.165, 1.54) is 18.2 Å². The Balaban J connectivity index is 1.90. The Bertz CT molecular complexity index is 706. The fourth-order valence-electron chi connectivity index (χ4n) is 1.73. The van der Waals surface area contributed by atoms with Crippen LogP contribution in [0, 0.1) is 0 Å². The van der Waals surface area contributed by atoms with Gasteiger partial charge in [0.25, 0.3) is 11.8 Å². The van der Waals surface area contributed by atoms with E-state index in [9.17, 15) is 14.7 Å². The zero-order chi connectivity index (χ0) is 16.8. The smallest absolute Gasteiger partial charge is 0.279 e. The van der Waals surface area contributed by atoms with E-state index in [4.69, 9.17) is 16.3 Å². The number of hydrogen-bond acceptors (Lipinski definition) is 4. The zero-order valence-corrected chi connectivity index (χ0v) is 13.0. The van der Waals surface area contributed by atoms with Crippen molar-refractivity contribution in [3.63, 3.8) is 0 Å². The number of para-hydroxylation sites is 1. The molecule has 0 radical (unpaired) electrons. The molecule has 0 heterocycles. The maximum Gasteiger partial charge on any atom is 0.279 e. The molecule has 0 aliphatic rings. The Morgan fingerprint density at radius 2 is 1.83 bits per heavy atom. The Morgan fingerprint density at radius 3 is 2.52 bits per heavy atom. The summed E-state index contributed by atoms with van der Waals surface area (Å²) in [5, 5.41) is 9.91. The number of halogens is 1. The first-order chi connectivity index (χ1) is 11.0. The van der Waals surface area contributed by atoms with Gasteiger partial charge in [0.1, 0.15) is 11.5 Å². The van der Waals surface area contributed by atoms with Crippen LogP contribution in [-0.4, -0.2) is 23.0 Å². The van der Waals surface area contributed by atoms with Gasteiger partial charge in [-0.05, 0) is 37.3 Å². The van der Waals surface area contributed by atoms with Crippen molar-refractivity contribution in [1.82, 2.24) is 10.9 Å². The maximum atomic E-state index is 11.9. The van der Waals surface area contributed by atoms with Crippen molar-refractivity contribution in [2.75, 3.05) is 0 Å². The number of carbonyl (C=O) groups excluding carboxylic acids is 2. The van der Waals surface area contributed by atoms with Crippen LogP contribution in [0.15, 0.2) is 48.5 Å². The van der Waals surface area contributed by atoms with Crippen molar-refractivity contribution in [3.05, 3.63) is 59.1 Å². The molecule has 2 aromatic carbocycles. The third kappa shape index (κ3) is 4.62. The molecule has 1 unspecified atom stereocenters. The lowest BCUT2D eigenvalue weighted by Gasteiger charge is -2.15. The zero-order valence-electron chi connectivity index (χ0n) is 12.2. The van der Waals surface area contributed by atoms with Crippen LogP contribution in [0.4, 0.5) is 0 Å².